The summed E-state index contributed by atoms with van der Waals surface area (Å²) >= 11 is 0. The van der Waals surface area contributed by atoms with E-state index in [-0.39, 0.29) is 11.5 Å². The van der Waals surface area contributed by atoms with E-state index in [0.717, 1.165) is 16.8 Å². The third-order valence-corrected chi connectivity index (χ3v) is 4.19. The van der Waals surface area contributed by atoms with E-state index < -0.39 is 5.97 Å². The van der Waals surface area contributed by atoms with Gasteiger partial charge in [0, 0.05) is 29.6 Å². The molecule has 0 aliphatic rings. The fraction of sp³-hybridized carbons (Fsp3) is 0.176. The third-order valence-electron chi connectivity index (χ3n) is 4.19. The topological polar surface area (TPSA) is 137 Å². The van der Waals surface area contributed by atoms with Gasteiger partial charge in [-0.15, -0.1) is 0 Å². The van der Waals surface area contributed by atoms with Gasteiger partial charge in [-0.2, -0.15) is 10.2 Å². The van der Waals surface area contributed by atoms with Crippen molar-refractivity contribution in [3.8, 4) is 11.3 Å². The Balaban J connectivity index is 1.76. The van der Waals surface area contributed by atoms with E-state index in [1.54, 1.807) is 35.1 Å². The molecule has 0 radical (unpaired) electrons. The monoisotopic (exact) mass is 353 g/mol. The highest BCUT2D eigenvalue weighted by molar-refractivity contribution is 6.00. The molecule has 9 nitrogen and oxygen atoms in total. The number of carbonyl (C=O) groups excluding carboxylic acids is 1. The lowest BCUT2D eigenvalue weighted by Crippen LogP contribution is -2.17. The van der Waals surface area contributed by atoms with Crippen molar-refractivity contribution >= 4 is 17.5 Å². The lowest BCUT2D eigenvalue weighted by molar-refractivity contribution is 0.0509. The van der Waals surface area contributed by atoms with E-state index in [0.29, 0.717) is 16.9 Å². The molecule has 0 aliphatic heterocycles. The number of nitrogens with two attached hydrogens (primary N) is 2. The lowest BCUT2D eigenvalue weighted by Gasteiger charge is -2.06. The van der Waals surface area contributed by atoms with Gasteiger partial charge in [0.25, 0.3) is 0 Å². The van der Waals surface area contributed by atoms with Crippen LogP contribution in [0, 0.1) is 13.8 Å². The van der Waals surface area contributed by atoms with Crippen LogP contribution >= 0.6 is 0 Å². The summed E-state index contributed by atoms with van der Waals surface area (Å²) in [7, 11) is 1.83. The van der Waals surface area contributed by atoms with Crippen molar-refractivity contribution in [3.63, 3.8) is 0 Å². The second-order valence-corrected chi connectivity index (χ2v) is 5.81. The lowest BCUT2D eigenvalue weighted by atomic mass is 10.1. The second-order valence-electron chi connectivity index (χ2n) is 5.81. The summed E-state index contributed by atoms with van der Waals surface area (Å²) in [5.41, 5.74) is 16.2. The molecular formula is C17H19N7O2. The first-order valence-electron chi connectivity index (χ1n) is 7.83. The summed E-state index contributed by atoms with van der Waals surface area (Å²) in [5.74, 6) is -0.638. The molecular weight excluding hydrogens is 334 g/mol. The van der Waals surface area contributed by atoms with Crippen LogP contribution in [-0.4, -0.2) is 31.8 Å². The Kier molecular flexibility index (Phi) is 4.44. The van der Waals surface area contributed by atoms with Gasteiger partial charge in [0.1, 0.15) is 5.69 Å². The zero-order valence-electron chi connectivity index (χ0n) is 14.6. The van der Waals surface area contributed by atoms with Crippen molar-refractivity contribution in [2.24, 2.45) is 17.9 Å². The highest BCUT2D eigenvalue weighted by atomic mass is 16.7. The van der Waals surface area contributed by atoms with E-state index in [9.17, 15) is 4.79 Å². The number of rotatable bonds is 4. The third kappa shape index (κ3) is 3.14. The number of amidine groups is 1. The Morgan fingerprint density at radius 3 is 2.81 bits per heavy atom. The number of oxime groups is 1. The molecule has 0 aliphatic carbocycles. The van der Waals surface area contributed by atoms with Gasteiger partial charge < -0.3 is 16.3 Å². The minimum atomic E-state index is -0.699. The first-order valence-corrected chi connectivity index (χ1v) is 7.83. The van der Waals surface area contributed by atoms with Crippen LogP contribution in [0.15, 0.2) is 35.6 Å². The number of hydrogen-bond acceptors (Lipinski definition) is 6. The van der Waals surface area contributed by atoms with Gasteiger partial charge in [0.15, 0.2) is 5.84 Å². The Morgan fingerprint density at radius 1 is 1.35 bits per heavy atom. The quantitative estimate of drug-likeness (QED) is 0.214. The molecule has 3 aromatic rings. The molecule has 134 valence electrons. The molecule has 0 saturated carbocycles. The predicted octanol–water partition coefficient (Wildman–Crippen LogP) is 1.49. The summed E-state index contributed by atoms with van der Waals surface area (Å²) in [6.45, 7) is 3.72. The van der Waals surface area contributed by atoms with Crippen LogP contribution in [0.25, 0.3) is 11.3 Å². The van der Waals surface area contributed by atoms with Crippen LogP contribution in [0.3, 0.4) is 0 Å². The molecule has 0 fully saturated rings. The van der Waals surface area contributed by atoms with Crippen molar-refractivity contribution in [2.45, 2.75) is 13.8 Å². The molecule has 0 atom stereocenters. The minimum Gasteiger partial charge on any atom is -0.398 e. The Labute approximate surface area is 149 Å². The summed E-state index contributed by atoms with van der Waals surface area (Å²) in [5, 5.41) is 14.6. The van der Waals surface area contributed by atoms with Gasteiger partial charge in [-0.05, 0) is 31.5 Å². The molecule has 1 aromatic carbocycles. The van der Waals surface area contributed by atoms with Crippen LogP contribution in [0.2, 0.25) is 0 Å². The Morgan fingerprint density at radius 2 is 2.12 bits per heavy atom. The van der Waals surface area contributed by atoms with Gasteiger partial charge >= 0.3 is 5.97 Å². The van der Waals surface area contributed by atoms with Gasteiger partial charge in [0.2, 0.25) is 0 Å². The van der Waals surface area contributed by atoms with Crippen LogP contribution < -0.4 is 11.5 Å². The molecule has 0 unspecified atom stereocenters. The van der Waals surface area contributed by atoms with Crippen LogP contribution in [0.5, 0.6) is 0 Å². The molecule has 0 saturated heterocycles. The smallest absolute Gasteiger partial charge is 0.383 e. The molecule has 9 heteroatoms. The number of aromatic nitrogens is 4. The van der Waals surface area contributed by atoms with Crippen molar-refractivity contribution in [3.05, 3.63) is 53.0 Å². The number of aryl methyl sites for hydroxylation is 1. The zero-order valence-corrected chi connectivity index (χ0v) is 14.6. The first kappa shape index (κ1) is 17.2. The molecule has 0 bridgehead atoms. The normalized spacial score (nSPS) is 11.6. The van der Waals surface area contributed by atoms with E-state index in [2.05, 4.69) is 20.5 Å². The average Bonchev–Trinajstić information content (AvgIpc) is 3.23. The number of nitrogen functional groups attached to an aromatic ring is 1. The van der Waals surface area contributed by atoms with Crippen molar-refractivity contribution < 1.29 is 9.63 Å². The SMILES string of the molecule is Cc1c(N)cccc1/C(N)=N/OC(=O)c1cc(-c2cnn(C)c2C)n[nH]1. The molecule has 2 aromatic heterocycles. The minimum absolute atomic E-state index is 0.0611. The first-order chi connectivity index (χ1) is 12.4. The number of nitrogens with zero attached hydrogens (tertiary/aromatic N) is 4. The summed E-state index contributed by atoms with van der Waals surface area (Å²) < 4.78 is 1.72. The second kappa shape index (κ2) is 6.71. The number of anilines is 1. The maximum Gasteiger partial charge on any atom is 0.383 e. The van der Waals surface area contributed by atoms with Crippen LogP contribution in [0.4, 0.5) is 5.69 Å². The molecule has 0 amide bonds. The predicted molar refractivity (Wildman–Crippen MR) is 97.3 cm³/mol. The van der Waals surface area contributed by atoms with Crippen LogP contribution in [-0.2, 0) is 11.9 Å². The van der Waals surface area contributed by atoms with Gasteiger partial charge in [-0.25, -0.2) is 4.79 Å². The maximum atomic E-state index is 12.2. The van der Waals surface area contributed by atoms with Crippen molar-refractivity contribution in [2.75, 3.05) is 5.73 Å². The van der Waals surface area contributed by atoms with Crippen molar-refractivity contribution in [1.82, 2.24) is 20.0 Å². The van der Waals surface area contributed by atoms with E-state index >= 15 is 0 Å². The number of H-pyrrole nitrogens is 1. The number of benzene rings is 1. The molecule has 5 N–H and O–H groups in total. The zero-order chi connectivity index (χ0) is 18.8. The van der Waals surface area contributed by atoms with Gasteiger partial charge in [0.05, 0.1) is 11.9 Å². The highest BCUT2D eigenvalue weighted by Crippen LogP contribution is 2.21. The Hall–Kier alpha value is -3.62. The fourth-order valence-electron chi connectivity index (χ4n) is 2.43. The maximum absolute atomic E-state index is 12.2. The van der Waals surface area contributed by atoms with E-state index in [1.807, 2.05) is 20.9 Å². The molecule has 2 heterocycles. The largest absolute Gasteiger partial charge is 0.398 e. The molecule has 3 rings (SSSR count). The van der Waals surface area contributed by atoms with Gasteiger partial charge in [-0.1, -0.05) is 17.3 Å². The van der Waals surface area contributed by atoms with Gasteiger partial charge in [-0.3, -0.25) is 9.78 Å². The Bertz CT molecular complexity index is 1000. The van der Waals surface area contributed by atoms with E-state index in [4.69, 9.17) is 16.3 Å². The van der Waals surface area contributed by atoms with E-state index in [1.165, 1.54) is 0 Å². The number of nitrogens with one attached hydrogen (secondary N) is 1. The number of hydrogen-bond donors (Lipinski definition) is 3. The summed E-state index contributed by atoms with van der Waals surface area (Å²) in [6, 6.07) is 6.83. The number of carbonyl (C=O) groups is 1. The van der Waals surface area contributed by atoms with Crippen molar-refractivity contribution in [1.29, 1.82) is 0 Å². The summed E-state index contributed by atoms with van der Waals surface area (Å²) in [6.07, 6.45) is 1.68. The molecule has 26 heavy (non-hydrogen) atoms. The van der Waals surface area contributed by atoms with Crippen LogP contribution in [0.1, 0.15) is 27.3 Å². The standard InChI is InChI=1S/C17H19N7O2/c1-9-11(5-4-6-13(9)18)16(19)23-26-17(25)15-7-14(21-22-15)12-8-20-24(3)10(12)2/h4-8H,18H2,1-3H3,(H2,19,23)(H,21,22). The fourth-order valence-corrected chi connectivity index (χ4v) is 2.43. The number of aromatic amines is 1. The average molecular weight is 353 g/mol. The highest BCUT2D eigenvalue weighted by Gasteiger charge is 2.16. The summed E-state index contributed by atoms with van der Waals surface area (Å²) in [4.78, 5) is 17.1. The molecule has 0 spiro atoms.